The maximum absolute atomic E-state index is 6.28. The van der Waals surface area contributed by atoms with Crippen molar-refractivity contribution in [2.45, 2.75) is 109 Å². The molecule has 0 aliphatic carbocycles. The van der Waals surface area contributed by atoms with Crippen molar-refractivity contribution in [1.29, 1.82) is 0 Å². The van der Waals surface area contributed by atoms with Crippen LogP contribution in [0, 0.1) is 5.92 Å². The monoisotopic (exact) mass is 518 g/mol. The van der Waals surface area contributed by atoms with Crippen LogP contribution in [-0.2, 0) is 6.54 Å². The van der Waals surface area contributed by atoms with E-state index in [0.29, 0.717) is 5.92 Å². The van der Waals surface area contributed by atoms with Crippen molar-refractivity contribution in [3.05, 3.63) is 71.4 Å². The molecule has 36 heavy (non-hydrogen) atoms. The lowest BCUT2D eigenvalue weighted by Gasteiger charge is -2.23. The molecule has 0 spiro atoms. The third-order valence-electron chi connectivity index (χ3n) is 4.56. The number of fused-ring (bicyclic) bond motifs is 1. The standard InChI is InChI=1S/C19H22N2O.C5H9Cl.4C2H6/c1-4-21-18-11-10-17(12-16(18)13-20-21)22-19(14(2)3)15-8-6-5-7-9-15;1-3-5(6)4-2;4*1-2/h5-14,19H,4H2,1-3H3;3H,4H2,1-2H3;4*1-2H3/b;5-3+;;;;/t19-;;;;;/m0...../s1. The molecule has 0 fully saturated rings. The maximum Gasteiger partial charge on any atom is 0.126 e. The zero-order chi connectivity index (χ0) is 28.5. The Morgan fingerprint density at radius 3 is 1.89 bits per heavy atom. The first-order chi connectivity index (χ1) is 17.5. The van der Waals surface area contributed by atoms with Crippen molar-refractivity contribution in [1.82, 2.24) is 9.78 Å². The predicted molar refractivity (Wildman–Crippen MR) is 165 cm³/mol. The number of aryl methyl sites for hydroxylation is 1. The summed E-state index contributed by atoms with van der Waals surface area (Å²) in [6.45, 7) is 27.3. The van der Waals surface area contributed by atoms with Gasteiger partial charge in [-0.1, -0.05) is 124 Å². The third-order valence-corrected chi connectivity index (χ3v) is 5.05. The van der Waals surface area contributed by atoms with Crippen LogP contribution < -0.4 is 4.74 Å². The molecule has 3 aromatic rings. The number of hydrogen-bond acceptors (Lipinski definition) is 2. The van der Waals surface area contributed by atoms with E-state index in [0.717, 1.165) is 34.7 Å². The van der Waals surface area contributed by atoms with Crippen LogP contribution in [0.2, 0.25) is 0 Å². The van der Waals surface area contributed by atoms with Gasteiger partial charge >= 0.3 is 0 Å². The highest BCUT2D eigenvalue weighted by Gasteiger charge is 2.17. The van der Waals surface area contributed by atoms with Gasteiger partial charge in [0.15, 0.2) is 0 Å². The van der Waals surface area contributed by atoms with Gasteiger partial charge in [0, 0.05) is 17.0 Å². The zero-order valence-electron chi connectivity index (χ0n) is 25.5. The van der Waals surface area contributed by atoms with Crippen molar-refractivity contribution < 1.29 is 4.74 Å². The zero-order valence-corrected chi connectivity index (χ0v) is 26.3. The van der Waals surface area contributed by atoms with E-state index < -0.39 is 0 Å². The normalized spacial score (nSPS) is 10.5. The van der Waals surface area contributed by atoms with Crippen LogP contribution in [0.1, 0.15) is 108 Å². The number of hydrogen-bond donors (Lipinski definition) is 0. The minimum Gasteiger partial charge on any atom is -0.485 e. The van der Waals surface area contributed by atoms with Gasteiger partial charge in [0.1, 0.15) is 11.9 Å². The molecule has 0 unspecified atom stereocenters. The summed E-state index contributed by atoms with van der Waals surface area (Å²) >= 11 is 5.51. The Balaban J connectivity index is -0.000000660. The van der Waals surface area contributed by atoms with Crippen LogP contribution in [0.4, 0.5) is 0 Å². The molecule has 2 aromatic carbocycles. The number of rotatable bonds is 6. The summed E-state index contributed by atoms with van der Waals surface area (Å²) < 4.78 is 8.27. The van der Waals surface area contributed by atoms with E-state index in [-0.39, 0.29) is 6.10 Å². The number of nitrogens with zero attached hydrogens (tertiary/aromatic N) is 2. The molecule has 1 heterocycles. The molecule has 0 aliphatic heterocycles. The fourth-order valence-corrected chi connectivity index (χ4v) is 2.97. The Hall–Kier alpha value is -2.26. The average molecular weight is 519 g/mol. The predicted octanol–water partition coefficient (Wildman–Crippen LogP) is 11.5. The van der Waals surface area contributed by atoms with Crippen molar-refractivity contribution in [2.75, 3.05) is 0 Å². The molecule has 3 rings (SSSR count). The fourth-order valence-electron chi connectivity index (χ4n) is 2.97. The lowest BCUT2D eigenvalue weighted by atomic mass is 9.99. The molecule has 206 valence electrons. The second-order valence-corrected chi connectivity index (χ2v) is 7.45. The molecule has 0 aliphatic rings. The van der Waals surface area contributed by atoms with E-state index >= 15 is 0 Å². The lowest BCUT2D eigenvalue weighted by molar-refractivity contribution is 0.154. The van der Waals surface area contributed by atoms with Crippen LogP contribution in [0.3, 0.4) is 0 Å². The first kappa shape index (κ1) is 38.3. The Bertz CT molecular complexity index is 886. The molecule has 0 saturated heterocycles. The van der Waals surface area contributed by atoms with Gasteiger partial charge in [-0.05, 0) is 49.9 Å². The van der Waals surface area contributed by atoms with E-state index in [1.165, 1.54) is 5.56 Å². The second kappa shape index (κ2) is 25.8. The highest BCUT2D eigenvalue weighted by molar-refractivity contribution is 6.29. The van der Waals surface area contributed by atoms with Crippen molar-refractivity contribution in [2.24, 2.45) is 5.92 Å². The summed E-state index contributed by atoms with van der Waals surface area (Å²) in [5, 5.41) is 6.45. The molecule has 4 heteroatoms. The van der Waals surface area contributed by atoms with E-state index in [1.807, 2.05) is 98.3 Å². The second-order valence-electron chi connectivity index (χ2n) is 6.96. The minimum atomic E-state index is 0.0554. The molecule has 1 atom stereocenters. The number of benzene rings is 2. The van der Waals surface area contributed by atoms with Gasteiger partial charge in [-0.3, -0.25) is 4.68 Å². The van der Waals surface area contributed by atoms with Crippen LogP contribution in [0.25, 0.3) is 10.9 Å². The summed E-state index contributed by atoms with van der Waals surface area (Å²) in [6.07, 6.45) is 4.82. The number of allylic oxidation sites excluding steroid dienone is 2. The van der Waals surface area contributed by atoms with Crippen molar-refractivity contribution in [3.63, 3.8) is 0 Å². The van der Waals surface area contributed by atoms with Crippen molar-refractivity contribution in [3.8, 4) is 5.75 Å². The quantitative estimate of drug-likeness (QED) is 0.324. The first-order valence-electron chi connectivity index (χ1n) is 14.0. The fraction of sp³-hybridized carbons (Fsp3) is 0.531. The molecule has 0 saturated carbocycles. The lowest BCUT2D eigenvalue weighted by Crippen LogP contribution is -2.14. The van der Waals surface area contributed by atoms with Crippen LogP contribution in [0.15, 0.2) is 65.8 Å². The average Bonchev–Trinajstić information content (AvgIpc) is 3.38. The smallest absolute Gasteiger partial charge is 0.126 e. The Morgan fingerprint density at radius 1 is 0.917 bits per heavy atom. The summed E-state index contributed by atoms with van der Waals surface area (Å²) in [4.78, 5) is 0. The Morgan fingerprint density at radius 2 is 1.47 bits per heavy atom. The summed E-state index contributed by atoms with van der Waals surface area (Å²) in [5.74, 6) is 1.29. The number of aromatic nitrogens is 2. The number of ether oxygens (including phenoxy) is 1. The molecule has 3 nitrogen and oxygen atoms in total. The molecule has 0 radical (unpaired) electrons. The van der Waals surface area contributed by atoms with E-state index in [2.05, 4.69) is 62.3 Å². The van der Waals surface area contributed by atoms with E-state index in [4.69, 9.17) is 16.3 Å². The summed E-state index contributed by atoms with van der Waals surface area (Å²) in [5.41, 5.74) is 2.36. The third kappa shape index (κ3) is 14.3. The summed E-state index contributed by atoms with van der Waals surface area (Å²) in [7, 11) is 0. The van der Waals surface area contributed by atoms with Gasteiger partial charge in [-0.15, -0.1) is 0 Å². The van der Waals surface area contributed by atoms with Crippen LogP contribution in [-0.4, -0.2) is 9.78 Å². The molecule has 0 bridgehead atoms. The van der Waals surface area contributed by atoms with Gasteiger partial charge in [-0.2, -0.15) is 5.10 Å². The topological polar surface area (TPSA) is 27.1 Å². The highest BCUT2D eigenvalue weighted by Crippen LogP contribution is 2.30. The van der Waals surface area contributed by atoms with Gasteiger partial charge in [0.05, 0.1) is 11.7 Å². The Labute approximate surface area is 228 Å². The van der Waals surface area contributed by atoms with Crippen LogP contribution in [0.5, 0.6) is 5.75 Å². The first-order valence-corrected chi connectivity index (χ1v) is 14.4. The molecular weight excluding hydrogens is 464 g/mol. The van der Waals surface area contributed by atoms with E-state index in [9.17, 15) is 0 Å². The van der Waals surface area contributed by atoms with Gasteiger partial charge < -0.3 is 4.74 Å². The van der Waals surface area contributed by atoms with Gasteiger partial charge in [0.25, 0.3) is 0 Å². The van der Waals surface area contributed by atoms with E-state index in [1.54, 1.807) is 0 Å². The van der Waals surface area contributed by atoms with Gasteiger partial charge in [-0.25, -0.2) is 0 Å². The molecule has 0 amide bonds. The molecule has 1 aromatic heterocycles. The Kier molecular flexibility index (Phi) is 27.5. The summed E-state index contributed by atoms with van der Waals surface area (Å²) in [6, 6.07) is 16.6. The van der Waals surface area contributed by atoms with Gasteiger partial charge in [0.2, 0.25) is 0 Å². The highest BCUT2D eigenvalue weighted by atomic mass is 35.5. The maximum atomic E-state index is 6.28. The largest absolute Gasteiger partial charge is 0.485 e. The van der Waals surface area contributed by atoms with Crippen molar-refractivity contribution >= 4 is 22.5 Å². The molecule has 0 N–H and O–H groups in total. The minimum absolute atomic E-state index is 0.0554. The van der Waals surface area contributed by atoms with Crippen LogP contribution >= 0.6 is 11.6 Å². The molecular formula is C32H55ClN2O. The SMILES string of the molecule is C/C=C(/Cl)CC.CC.CC.CC.CC.CCn1ncc2cc(O[C@H](c3ccccc3)C(C)C)ccc21. The number of halogens is 1.